The molecule has 6 heteroatoms. The van der Waals surface area contributed by atoms with Gasteiger partial charge in [0.25, 0.3) is 0 Å². The van der Waals surface area contributed by atoms with E-state index >= 15 is 0 Å². The van der Waals surface area contributed by atoms with Crippen LogP contribution in [0.1, 0.15) is 0 Å². The van der Waals surface area contributed by atoms with Gasteiger partial charge in [-0.15, -0.1) is 11.3 Å². The van der Waals surface area contributed by atoms with Gasteiger partial charge in [0.15, 0.2) is 17.5 Å². The van der Waals surface area contributed by atoms with Crippen LogP contribution in [0.5, 0.6) is 0 Å². The number of thiophene rings is 1. The molecule has 0 spiro atoms. The first kappa shape index (κ1) is 28.2. The number of benzene rings is 7. The molecule has 238 valence electrons. The molecule has 0 amide bonds. The lowest BCUT2D eigenvalue weighted by atomic mass is 10.0. The van der Waals surface area contributed by atoms with Crippen LogP contribution in [0.3, 0.4) is 0 Å². The molecular weight excluding hydrogens is 647 g/mol. The molecule has 5 nitrogen and oxygen atoms in total. The SMILES string of the molecule is c1ccc(-c2nc(-c3ccc4c(c3)oc3ccccc34)nc(-c3ccc4sc5cc(-c6cccc7c6oc6ccccc67)ccc5c4c3)n2)cc1. The first-order valence-corrected chi connectivity index (χ1v) is 17.7. The fourth-order valence-electron chi connectivity index (χ4n) is 7.27. The van der Waals surface area contributed by atoms with Crippen molar-refractivity contribution in [3.8, 4) is 45.3 Å². The van der Waals surface area contributed by atoms with Crippen LogP contribution in [0.4, 0.5) is 0 Å². The lowest BCUT2D eigenvalue weighted by molar-refractivity contribution is 0.669. The molecule has 0 atom stereocenters. The summed E-state index contributed by atoms with van der Waals surface area (Å²) in [7, 11) is 0. The van der Waals surface area contributed by atoms with Gasteiger partial charge in [-0.1, -0.05) is 103 Å². The van der Waals surface area contributed by atoms with Gasteiger partial charge < -0.3 is 8.83 Å². The van der Waals surface area contributed by atoms with Gasteiger partial charge in [0.05, 0.1) is 0 Å². The number of fused-ring (bicyclic) bond motifs is 9. The average molecular weight is 672 g/mol. The molecule has 4 heterocycles. The van der Waals surface area contributed by atoms with Gasteiger partial charge in [-0.2, -0.15) is 0 Å². The van der Waals surface area contributed by atoms with Crippen molar-refractivity contribution in [3.05, 3.63) is 152 Å². The quantitative estimate of drug-likeness (QED) is 0.186. The topological polar surface area (TPSA) is 65.0 Å². The largest absolute Gasteiger partial charge is 0.456 e. The third kappa shape index (κ3) is 4.50. The lowest BCUT2D eigenvalue weighted by Gasteiger charge is -2.09. The summed E-state index contributed by atoms with van der Waals surface area (Å²) < 4.78 is 15.0. The molecule has 11 aromatic rings. The third-order valence-corrected chi connectivity index (χ3v) is 10.9. The lowest BCUT2D eigenvalue weighted by Crippen LogP contribution is -2.00. The highest BCUT2D eigenvalue weighted by molar-refractivity contribution is 7.25. The van der Waals surface area contributed by atoms with Crippen molar-refractivity contribution < 1.29 is 8.83 Å². The molecular formula is C45H25N3O2S. The summed E-state index contributed by atoms with van der Waals surface area (Å²) in [5.41, 5.74) is 8.45. The molecule has 0 N–H and O–H groups in total. The number of hydrogen-bond donors (Lipinski definition) is 0. The number of nitrogens with zero attached hydrogens (tertiary/aromatic N) is 3. The van der Waals surface area contributed by atoms with Gasteiger partial charge in [-0.05, 0) is 54.1 Å². The average Bonchev–Trinajstić information content (AvgIpc) is 3.88. The van der Waals surface area contributed by atoms with E-state index in [1.807, 2.05) is 66.7 Å². The van der Waals surface area contributed by atoms with Crippen LogP contribution < -0.4 is 0 Å². The zero-order valence-electron chi connectivity index (χ0n) is 27.0. The Morgan fingerprint density at radius 3 is 1.78 bits per heavy atom. The summed E-state index contributed by atoms with van der Waals surface area (Å²) in [6, 6.07) is 52.2. The van der Waals surface area contributed by atoms with Crippen LogP contribution in [0.2, 0.25) is 0 Å². The van der Waals surface area contributed by atoms with Crippen LogP contribution in [0, 0.1) is 0 Å². The monoisotopic (exact) mass is 671 g/mol. The van der Waals surface area contributed by atoms with Crippen LogP contribution >= 0.6 is 11.3 Å². The summed E-state index contributed by atoms with van der Waals surface area (Å²) in [5.74, 6) is 1.85. The first-order chi connectivity index (χ1) is 25.2. The summed E-state index contributed by atoms with van der Waals surface area (Å²) >= 11 is 1.79. The molecule has 0 unspecified atom stereocenters. The fourth-order valence-corrected chi connectivity index (χ4v) is 8.40. The predicted molar refractivity (Wildman–Crippen MR) is 209 cm³/mol. The highest BCUT2D eigenvalue weighted by Crippen LogP contribution is 2.41. The highest BCUT2D eigenvalue weighted by atomic mass is 32.1. The van der Waals surface area contributed by atoms with E-state index in [2.05, 4.69) is 84.9 Å². The van der Waals surface area contributed by atoms with E-state index in [0.29, 0.717) is 17.5 Å². The Bertz CT molecular complexity index is 3160. The van der Waals surface area contributed by atoms with Crippen molar-refractivity contribution in [1.29, 1.82) is 0 Å². The molecule has 0 fully saturated rings. The van der Waals surface area contributed by atoms with E-state index in [-0.39, 0.29) is 0 Å². The Balaban J connectivity index is 1.04. The van der Waals surface area contributed by atoms with E-state index in [1.54, 1.807) is 11.3 Å². The molecule has 0 aliphatic heterocycles. The second-order valence-corrected chi connectivity index (χ2v) is 13.9. The van der Waals surface area contributed by atoms with Crippen molar-refractivity contribution in [3.63, 3.8) is 0 Å². The maximum absolute atomic E-state index is 6.37. The zero-order chi connectivity index (χ0) is 33.5. The molecule has 7 aromatic carbocycles. The summed E-state index contributed by atoms with van der Waals surface area (Å²) in [6.07, 6.45) is 0. The van der Waals surface area contributed by atoms with Crippen molar-refractivity contribution in [2.24, 2.45) is 0 Å². The molecule has 0 saturated carbocycles. The van der Waals surface area contributed by atoms with Crippen LogP contribution in [0.25, 0.3) is 109 Å². The Labute approximate surface area is 295 Å². The summed E-state index contributed by atoms with van der Waals surface area (Å²) in [5, 5.41) is 6.80. The minimum absolute atomic E-state index is 0.598. The maximum Gasteiger partial charge on any atom is 0.164 e. The second-order valence-electron chi connectivity index (χ2n) is 12.8. The Morgan fingerprint density at radius 2 is 0.961 bits per heavy atom. The van der Waals surface area contributed by atoms with Crippen molar-refractivity contribution in [2.45, 2.75) is 0 Å². The molecule has 0 bridgehead atoms. The molecule has 51 heavy (non-hydrogen) atoms. The van der Waals surface area contributed by atoms with Gasteiger partial charge in [0.2, 0.25) is 0 Å². The van der Waals surface area contributed by atoms with E-state index in [0.717, 1.165) is 71.7 Å². The number of rotatable bonds is 4. The van der Waals surface area contributed by atoms with Crippen molar-refractivity contribution in [2.75, 3.05) is 0 Å². The highest BCUT2D eigenvalue weighted by Gasteiger charge is 2.17. The normalized spacial score (nSPS) is 11.9. The number of para-hydroxylation sites is 3. The predicted octanol–water partition coefficient (Wildman–Crippen LogP) is 12.7. The molecule has 4 aromatic heterocycles. The minimum atomic E-state index is 0.598. The van der Waals surface area contributed by atoms with Crippen LogP contribution in [-0.4, -0.2) is 15.0 Å². The first-order valence-electron chi connectivity index (χ1n) is 16.8. The van der Waals surface area contributed by atoms with E-state index in [1.165, 1.54) is 20.2 Å². The Hall–Kier alpha value is -6.63. The second kappa shape index (κ2) is 10.9. The summed E-state index contributed by atoms with van der Waals surface area (Å²) in [6.45, 7) is 0. The van der Waals surface area contributed by atoms with E-state index in [9.17, 15) is 0 Å². The maximum atomic E-state index is 6.37. The zero-order valence-corrected chi connectivity index (χ0v) is 27.8. The molecule has 0 radical (unpaired) electrons. The Kier molecular flexibility index (Phi) is 6.05. The van der Waals surface area contributed by atoms with Gasteiger partial charge in [0, 0.05) is 64.0 Å². The molecule has 0 aliphatic carbocycles. The Morgan fingerprint density at radius 1 is 0.353 bits per heavy atom. The van der Waals surface area contributed by atoms with E-state index in [4.69, 9.17) is 23.8 Å². The molecule has 0 saturated heterocycles. The third-order valence-electron chi connectivity index (χ3n) is 9.75. The van der Waals surface area contributed by atoms with Gasteiger partial charge >= 0.3 is 0 Å². The van der Waals surface area contributed by atoms with E-state index < -0.39 is 0 Å². The standard InChI is InChI=1S/C45H25N3O2S/c1-2-9-26(10-3-1)43-46-44(48-45(47-43)29-18-20-33-31-11-4-6-15-37(31)49-39(33)24-29)28-19-22-40-36(23-28)34-21-17-27(25-41(34)51-40)30-13-8-14-35-32-12-5-7-16-38(32)50-42(30)35/h1-25H. The smallest absolute Gasteiger partial charge is 0.164 e. The van der Waals surface area contributed by atoms with Crippen LogP contribution in [-0.2, 0) is 0 Å². The number of aromatic nitrogens is 3. The molecule has 0 aliphatic rings. The number of hydrogen-bond acceptors (Lipinski definition) is 6. The van der Waals surface area contributed by atoms with Crippen molar-refractivity contribution >= 4 is 75.4 Å². The van der Waals surface area contributed by atoms with Crippen molar-refractivity contribution in [1.82, 2.24) is 15.0 Å². The fraction of sp³-hybridized carbons (Fsp3) is 0. The van der Waals surface area contributed by atoms with Gasteiger partial charge in [-0.25, -0.2) is 15.0 Å². The minimum Gasteiger partial charge on any atom is -0.456 e. The van der Waals surface area contributed by atoms with Crippen LogP contribution in [0.15, 0.2) is 160 Å². The van der Waals surface area contributed by atoms with Gasteiger partial charge in [-0.3, -0.25) is 0 Å². The molecule has 11 rings (SSSR count). The van der Waals surface area contributed by atoms with Gasteiger partial charge in [0.1, 0.15) is 22.3 Å². The summed E-state index contributed by atoms with van der Waals surface area (Å²) in [4.78, 5) is 15.0. The number of furan rings is 2.